The molecule has 1 amide bonds. The molecule has 0 aromatic heterocycles. The fraction of sp³-hybridized carbons (Fsp3) is 0.462. The van der Waals surface area contributed by atoms with Gasteiger partial charge in [-0.15, -0.1) is 12.4 Å². The van der Waals surface area contributed by atoms with Gasteiger partial charge in [0.1, 0.15) is 0 Å². The maximum absolute atomic E-state index is 11.6. The minimum Gasteiger partial charge on any atom is -0.348 e. The number of rotatable bonds is 4. The molecule has 0 saturated carbocycles. The SMILES string of the molecule is CC(N)C(=O)NC(c1ccccc1)C(C)C.Cl. The van der Waals surface area contributed by atoms with E-state index in [1.807, 2.05) is 30.3 Å². The second-order valence-corrected chi connectivity index (χ2v) is 4.43. The van der Waals surface area contributed by atoms with E-state index >= 15 is 0 Å². The average Bonchev–Trinajstić information content (AvgIpc) is 2.26. The molecule has 0 aliphatic carbocycles. The predicted molar refractivity (Wildman–Crippen MR) is 73.1 cm³/mol. The Morgan fingerprint density at radius 1 is 1.18 bits per heavy atom. The number of nitrogens with one attached hydrogen (secondary N) is 1. The van der Waals surface area contributed by atoms with Gasteiger partial charge in [0, 0.05) is 0 Å². The molecule has 2 unspecified atom stereocenters. The fourth-order valence-corrected chi connectivity index (χ4v) is 1.58. The van der Waals surface area contributed by atoms with Gasteiger partial charge in [-0.2, -0.15) is 0 Å². The summed E-state index contributed by atoms with van der Waals surface area (Å²) >= 11 is 0. The Kier molecular flexibility index (Phi) is 6.85. The Balaban J connectivity index is 0.00000256. The third-order valence-electron chi connectivity index (χ3n) is 2.54. The first-order valence-corrected chi connectivity index (χ1v) is 5.63. The second kappa shape index (κ2) is 7.30. The van der Waals surface area contributed by atoms with E-state index in [1.54, 1.807) is 6.92 Å². The van der Waals surface area contributed by atoms with Crippen molar-refractivity contribution in [3.63, 3.8) is 0 Å². The minimum atomic E-state index is -0.468. The number of amides is 1. The molecule has 0 fully saturated rings. The summed E-state index contributed by atoms with van der Waals surface area (Å²) < 4.78 is 0. The maximum Gasteiger partial charge on any atom is 0.237 e. The average molecular weight is 257 g/mol. The van der Waals surface area contributed by atoms with Crippen LogP contribution in [-0.4, -0.2) is 11.9 Å². The number of carbonyl (C=O) groups is 1. The highest BCUT2D eigenvalue weighted by Crippen LogP contribution is 2.21. The zero-order valence-corrected chi connectivity index (χ0v) is 11.3. The molecule has 4 heteroatoms. The summed E-state index contributed by atoms with van der Waals surface area (Å²) in [5, 5.41) is 2.97. The van der Waals surface area contributed by atoms with Gasteiger partial charge in [-0.3, -0.25) is 4.79 Å². The van der Waals surface area contributed by atoms with Crippen molar-refractivity contribution in [2.45, 2.75) is 32.9 Å². The zero-order valence-electron chi connectivity index (χ0n) is 10.5. The van der Waals surface area contributed by atoms with E-state index in [0.717, 1.165) is 5.56 Å². The van der Waals surface area contributed by atoms with Crippen LogP contribution in [0.25, 0.3) is 0 Å². The Morgan fingerprint density at radius 3 is 2.12 bits per heavy atom. The monoisotopic (exact) mass is 256 g/mol. The van der Waals surface area contributed by atoms with Crippen molar-refractivity contribution in [3.8, 4) is 0 Å². The smallest absolute Gasteiger partial charge is 0.237 e. The lowest BCUT2D eigenvalue weighted by atomic mass is 9.96. The number of halogens is 1. The molecule has 0 bridgehead atoms. The summed E-state index contributed by atoms with van der Waals surface area (Å²) in [6.45, 7) is 5.86. The van der Waals surface area contributed by atoms with Crippen LogP contribution in [-0.2, 0) is 4.79 Å². The summed E-state index contributed by atoms with van der Waals surface area (Å²) in [5.74, 6) is 0.229. The van der Waals surface area contributed by atoms with Crippen LogP contribution < -0.4 is 11.1 Å². The first-order chi connectivity index (χ1) is 7.52. The number of hydrogen-bond donors (Lipinski definition) is 2. The van der Waals surface area contributed by atoms with Crippen LogP contribution in [0, 0.1) is 5.92 Å². The van der Waals surface area contributed by atoms with E-state index in [4.69, 9.17) is 5.73 Å². The van der Waals surface area contributed by atoms with Gasteiger partial charge in [0.05, 0.1) is 12.1 Å². The molecule has 1 aromatic rings. The number of hydrogen-bond acceptors (Lipinski definition) is 2. The molecule has 0 aliphatic rings. The molecule has 3 nitrogen and oxygen atoms in total. The first kappa shape index (κ1) is 15.9. The Labute approximate surface area is 109 Å². The van der Waals surface area contributed by atoms with E-state index in [0.29, 0.717) is 5.92 Å². The molecule has 0 heterocycles. The third-order valence-corrected chi connectivity index (χ3v) is 2.54. The lowest BCUT2D eigenvalue weighted by Crippen LogP contribution is -2.41. The second-order valence-electron chi connectivity index (χ2n) is 4.43. The number of nitrogens with two attached hydrogens (primary N) is 1. The molecule has 2 atom stereocenters. The van der Waals surface area contributed by atoms with Crippen LogP contribution in [0.2, 0.25) is 0 Å². The minimum absolute atomic E-state index is 0. The van der Waals surface area contributed by atoms with E-state index in [2.05, 4.69) is 19.2 Å². The van der Waals surface area contributed by atoms with Gasteiger partial charge in [0.15, 0.2) is 0 Å². The summed E-state index contributed by atoms with van der Waals surface area (Å²) in [5.41, 5.74) is 6.67. The van der Waals surface area contributed by atoms with Crippen molar-refractivity contribution < 1.29 is 4.79 Å². The van der Waals surface area contributed by atoms with Crippen LogP contribution in [0.4, 0.5) is 0 Å². The van der Waals surface area contributed by atoms with Crippen molar-refractivity contribution in [2.75, 3.05) is 0 Å². The molecule has 0 spiro atoms. The normalized spacial score (nSPS) is 13.7. The summed E-state index contributed by atoms with van der Waals surface area (Å²) in [7, 11) is 0. The Hall–Kier alpha value is -1.06. The van der Waals surface area contributed by atoms with Gasteiger partial charge in [-0.1, -0.05) is 44.2 Å². The molecule has 0 saturated heterocycles. The molecule has 1 rings (SSSR count). The van der Waals surface area contributed by atoms with Crippen molar-refractivity contribution in [1.82, 2.24) is 5.32 Å². The molecule has 1 aromatic carbocycles. The van der Waals surface area contributed by atoms with Gasteiger partial charge in [-0.25, -0.2) is 0 Å². The van der Waals surface area contributed by atoms with Gasteiger partial charge >= 0.3 is 0 Å². The third kappa shape index (κ3) is 4.75. The highest BCUT2D eigenvalue weighted by Gasteiger charge is 2.19. The topological polar surface area (TPSA) is 55.1 Å². The predicted octanol–water partition coefficient (Wildman–Crippen LogP) is 2.27. The van der Waals surface area contributed by atoms with Gasteiger partial charge in [-0.05, 0) is 18.4 Å². The van der Waals surface area contributed by atoms with Crippen molar-refractivity contribution in [1.29, 1.82) is 0 Å². The molecule has 0 aliphatic heterocycles. The summed E-state index contributed by atoms with van der Waals surface area (Å²) in [6, 6.07) is 9.52. The van der Waals surface area contributed by atoms with Crippen molar-refractivity contribution in [2.24, 2.45) is 11.7 Å². The number of benzene rings is 1. The molecule has 0 radical (unpaired) electrons. The van der Waals surface area contributed by atoms with Gasteiger partial charge < -0.3 is 11.1 Å². The highest BCUT2D eigenvalue weighted by atomic mass is 35.5. The van der Waals surface area contributed by atoms with Gasteiger partial charge in [0.25, 0.3) is 0 Å². The molecule has 96 valence electrons. The molecule has 17 heavy (non-hydrogen) atoms. The zero-order chi connectivity index (χ0) is 12.1. The first-order valence-electron chi connectivity index (χ1n) is 5.63. The molecule has 3 N–H and O–H groups in total. The lowest BCUT2D eigenvalue weighted by Gasteiger charge is -2.23. The van der Waals surface area contributed by atoms with Crippen LogP contribution >= 0.6 is 12.4 Å². The largest absolute Gasteiger partial charge is 0.348 e. The Morgan fingerprint density at radius 2 is 1.71 bits per heavy atom. The maximum atomic E-state index is 11.6. The number of carbonyl (C=O) groups excluding carboxylic acids is 1. The van der Waals surface area contributed by atoms with Crippen molar-refractivity contribution >= 4 is 18.3 Å². The van der Waals surface area contributed by atoms with Gasteiger partial charge in [0.2, 0.25) is 5.91 Å². The molecular formula is C13H21ClN2O. The van der Waals surface area contributed by atoms with E-state index in [-0.39, 0.29) is 24.4 Å². The summed E-state index contributed by atoms with van der Waals surface area (Å²) in [4.78, 5) is 11.6. The van der Waals surface area contributed by atoms with Crippen LogP contribution in [0.5, 0.6) is 0 Å². The summed E-state index contributed by atoms with van der Waals surface area (Å²) in [6.07, 6.45) is 0. The quantitative estimate of drug-likeness (QED) is 0.868. The van der Waals surface area contributed by atoms with Crippen LogP contribution in [0.15, 0.2) is 30.3 Å². The highest BCUT2D eigenvalue weighted by molar-refractivity contribution is 5.85. The van der Waals surface area contributed by atoms with E-state index in [9.17, 15) is 4.79 Å². The molecular weight excluding hydrogens is 236 g/mol. The van der Waals surface area contributed by atoms with Crippen LogP contribution in [0.1, 0.15) is 32.4 Å². The van der Waals surface area contributed by atoms with Crippen LogP contribution in [0.3, 0.4) is 0 Å². The fourth-order valence-electron chi connectivity index (χ4n) is 1.58. The standard InChI is InChI=1S/C13H20N2O.ClH/c1-9(2)12(15-13(16)10(3)14)11-7-5-4-6-8-11;/h4-10,12H,14H2,1-3H3,(H,15,16);1H. The van der Waals surface area contributed by atoms with E-state index < -0.39 is 6.04 Å². The van der Waals surface area contributed by atoms with E-state index in [1.165, 1.54) is 0 Å². The Bertz CT molecular complexity index is 339. The van der Waals surface area contributed by atoms with Crippen molar-refractivity contribution in [3.05, 3.63) is 35.9 Å². The lowest BCUT2D eigenvalue weighted by molar-refractivity contribution is -0.123.